The summed E-state index contributed by atoms with van der Waals surface area (Å²) in [5.41, 5.74) is 0. The Labute approximate surface area is 444 Å². The van der Waals surface area contributed by atoms with Crippen molar-refractivity contribution in [1.29, 1.82) is 0 Å². The number of unbranched alkanes of at least 4 members (excludes halogenated alkanes) is 4. The van der Waals surface area contributed by atoms with Crippen molar-refractivity contribution in [3.63, 3.8) is 0 Å². The van der Waals surface area contributed by atoms with Gasteiger partial charge in [-0.3, -0.25) is 9.59 Å². The molecule has 9 nitrogen and oxygen atoms in total. The lowest BCUT2D eigenvalue weighted by molar-refractivity contribution is -0.870. The van der Waals surface area contributed by atoms with Gasteiger partial charge in [-0.1, -0.05) is 197 Å². The Morgan fingerprint density at radius 2 is 0.767 bits per heavy atom. The second-order valence-electron chi connectivity index (χ2n) is 18.4. The van der Waals surface area contributed by atoms with E-state index in [-0.39, 0.29) is 32.7 Å². The second kappa shape index (κ2) is 53.0. The summed E-state index contributed by atoms with van der Waals surface area (Å²) in [5.74, 6) is -2.45. The predicted molar refractivity (Wildman–Crippen MR) is 305 cm³/mol. The van der Waals surface area contributed by atoms with Crippen molar-refractivity contribution in [2.75, 3.05) is 47.5 Å². The molecule has 9 heteroatoms. The fourth-order valence-corrected chi connectivity index (χ4v) is 6.34. The molecule has 0 N–H and O–H groups in total. The van der Waals surface area contributed by atoms with Crippen LogP contribution < -0.4 is 5.11 Å². The third kappa shape index (κ3) is 54.3. The van der Waals surface area contributed by atoms with Gasteiger partial charge in [0.2, 0.25) is 0 Å². The monoisotopic (exact) mass is 1010 g/mol. The standard InChI is InChI=1S/C64H97NO8/c1-6-8-10-12-14-16-18-20-21-22-23-24-25-26-27-28-29-30-31-32-33-34-35-36-37-38-39-40-41-43-45-47-49-51-53-55-62(67)73-60(59-72-64(63(68)69)70-57-56-65(3,4)5)58-71-61(66)54-52-50-48-46-44-42-19-17-15-13-11-9-7-2/h8-11,14-17,20-21,23-24,26-27,29-30,32-33,35-36,38-39,41-44,48,50,60,64H,6-7,12-13,18-19,22,25,28,31,34,37,40,45-47,49,51-59H2,1-5H3/b10-8-,11-9-,16-14-,17-15-,21-20-,24-23-,27-26-,30-29-,33-32-,36-35-,39-38-,43-41-,44-42-,50-48-. The molecule has 0 amide bonds. The number of rotatable bonds is 47. The Hall–Kier alpha value is -5.35. The van der Waals surface area contributed by atoms with E-state index in [0.29, 0.717) is 23.9 Å². The predicted octanol–water partition coefficient (Wildman–Crippen LogP) is 14.7. The Morgan fingerprint density at radius 3 is 1.14 bits per heavy atom. The number of likely N-dealkylation sites (N-methyl/N-ethyl adjacent to an activating group) is 1. The van der Waals surface area contributed by atoms with Gasteiger partial charge in [0, 0.05) is 12.8 Å². The van der Waals surface area contributed by atoms with Crippen LogP contribution in [0.2, 0.25) is 0 Å². The van der Waals surface area contributed by atoms with Crippen LogP contribution in [0.15, 0.2) is 170 Å². The molecule has 0 aliphatic carbocycles. The molecule has 0 radical (unpaired) electrons. The first kappa shape index (κ1) is 67.6. The maximum absolute atomic E-state index is 12.8. The maximum atomic E-state index is 12.8. The number of ether oxygens (including phenoxy) is 4. The molecule has 73 heavy (non-hydrogen) atoms. The van der Waals surface area contributed by atoms with Gasteiger partial charge in [-0.05, 0) is 116 Å². The zero-order valence-corrected chi connectivity index (χ0v) is 45.9. The van der Waals surface area contributed by atoms with E-state index < -0.39 is 30.3 Å². The Balaban J connectivity index is 4.37. The molecule has 0 aromatic rings. The molecule has 2 atom stereocenters. The average Bonchev–Trinajstić information content (AvgIpc) is 3.36. The third-order valence-corrected chi connectivity index (χ3v) is 10.5. The molecule has 2 unspecified atom stereocenters. The molecular formula is C64H97NO8. The number of carbonyl (C=O) groups is 3. The Kier molecular flexibility index (Phi) is 49.1. The summed E-state index contributed by atoms with van der Waals surface area (Å²) >= 11 is 0. The number of hydrogen-bond acceptors (Lipinski definition) is 8. The van der Waals surface area contributed by atoms with Gasteiger partial charge in [-0.25, -0.2) is 0 Å². The molecular weight excluding hydrogens is 911 g/mol. The summed E-state index contributed by atoms with van der Waals surface area (Å²) in [5, 5.41) is 11.7. The number of hydrogen-bond donors (Lipinski definition) is 0. The third-order valence-electron chi connectivity index (χ3n) is 10.5. The minimum Gasteiger partial charge on any atom is -0.545 e. The molecule has 0 aliphatic heterocycles. The molecule has 0 aliphatic rings. The molecule has 0 saturated carbocycles. The van der Waals surface area contributed by atoms with Crippen molar-refractivity contribution < 1.29 is 42.9 Å². The van der Waals surface area contributed by atoms with Crippen LogP contribution in [0.25, 0.3) is 0 Å². The molecule has 0 rings (SSSR count). The summed E-state index contributed by atoms with van der Waals surface area (Å²) in [6, 6.07) is 0. The van der Waals surface area contributed by atoms with Gasteiger partial charge >= 0.3 is 11.9 Å². The molecule has 0 fully saturated rings. The fraction of sp³-hybridized carbons (Fsp3) is 0.516. The van der Waals surface area contributed by atoms with Crippen LogP contribution in [-0.2, 0) is 33.3 Å². The van der Waals surface area contributed by atoms with Crippen molar-refractivity contribution in [2.45, 2.75) is 167 Å². The van der Waals surface area contributed by atoms with Crippen molar-refractivity contribution in [3.05, 3.63) is 170 Å². The number of quaternary nitrogens is 1. The molecule has 0 saturated heterocycles. The highest BCUT2D eigenvalue weighted by Crippen LogP contribution is 2.11. The van der Waals surface area contributed by atoms with Crippen LogP contribution in [0.4, 0.5) is 0 Å². The summed E-state index contributed by atoms with van der Waals surface area (Å²) in [7, 11) is 5.87. The van der Waals surface area contributed by atoms with E-state index in [0.717, 1.165) is 116 Å². The molecule has 0 heterocycles. The van der Waals surface area contributed by atoms with Crippen molar-refractivity contribution in [2.24, 2.45) is 0 Å². The molecule has 0 spiro atoms. The van der Waals surface area contributed by atoms with Gasteiger partial charge in [0.1, 0.15) is 13.2 Å². The van der Waals surface area contributed by atoms with Crippen molar-refractivity contribution in [1.82, 2.24) is 0 Å². The quantitative estimate of drug-likeness (QED) is 0.0195. The van der Waals surface area contributed by atoms with Crippen LogP contribution in [0.5, 0.6) is 0 Å². The first-order chi connectivity index (χ1) is 35.6. The van der Waals surface area contributed by atoms with E-state index in [1.54, 1.807) is 0 Å². The smallest absolute Gasteiger partial charge is 0.306 e. The minimum atomic E-state index is -1.65. The van der Waals surface area contributed by atoms with E-state index in [1.807, 2.05) is 33.3 Å². The number of esters is 2. The van der Waals surface area contributed by atoms with Gasteiger partial charge in [0.25, 0.3) is 0 Å². The van der Waals surface area contributed by atoms with Gasteiger partial charge in [-0.2, -0.15) is 0 Å². The van der Waals surface area contributed by atoms with Gasteiger partial charge in [0.15, 0.2) is 12.4 Å². The summed E-state index contributed by atoms with van der Waals surface area (Å²) in [6.07, 6.45) is 77.1. The van der Waals surface area contributed by atoms with Crippen LogP contribution in [-0.4, -0.2) is 82.3 Å². The van der Waals surface area contributed by atoms with Crippen LogP contribution in [0, 0.1) is 0 Å². The molecule has 0 bridgehead atoms. The zero-order valence-electron chi connectivity index (χ0n) is 45.9. The Morgan fingerprint density at radius 1 is 0.411 bits per heavy atom. The van der Waals surface area contributed by atoms with Gasteiger partial charge < -0.3 is 33.3 Å². The number of nitrogens with zero attached hydrogens (tertiary/aromatic N) is 1. The number of carboxylic acid groups (broad SMARTS) is 1. The topological polar surface area (TPSA) is 111 Å². The first-order valence-electron chi connectivity index (χ1n) is 27.3. The first-order valence-corrected chi connectivity index (χ1v) is 27.3. The van der Waals surface area contributed by atoms with Crippen LogP contribution in [0.3, 0.4) is 0 Å². The second-order valence-corrected chi connectivity index (χ2v) is 18.4. The highest BCUT2D eigenvalue weighted by atomic mass is 16.7. The van der Waals surface area contributed by atoms with Crippen LogP contribution in [0.1, 0.15) is 155 Å². The largest absolute Gasteiger partial charge is 0.545 e. The molecule has 0 aromatic heterocycles. The van der Waals surface area contributed by atoms with E-state index in [9.17, 15) is 19.5 Å². The SMILES string of the molecule is CC/C=C\C/C=C\C/C=C\C/C=C\C/C=C\C/C=C\C/C=C\C/C=C\C/C=C\C/C=C\CCCCCCC(=O)OC(COC(=O)CC/C=C\C/C=C\C/C=C\C/C=C\CC)COC(OCC[N+](C)(C)C)C(=O)[O-]. The lowest BCUT2D eigenvalue weighted by atomic mass is 10.1. The Bertz CT molecular complexity index is 1790. The molecule has 406 valence electrons. The van der Waals surface area contributed by atoms with Crippen molar-refractivity contribution >= 4 is 17.9 Å². The number of carboxylic acids is 1. The van der Waals surface area contributed by atoms with E-state index >= 15 is 0 Å². The van der Waals surface area contributed by atoms with Crippen molar-refractivity contribution in [3.8, 4) is 0 Å². The van der Waals surface area contributed by atoms with E-state index in [4.69, 9.17) is 18.9 Å². The lowest BCUT2D eigenvalue weighted by Gasteiger charge is -2.26. The van der Waals surface area contributed by atoms with Gasteiger partial charge in [-0.15, -0.1) is 0 Å². The average molecular weight is 1010 g/mol. The lowest BCUT2D eigenvalue weighted by Crippen LogP contribution is -2.44. The highest BCUT2D eigenvalue weighted by Gasteiger charge is 2.21. The fourth-order valence-electron chi connectivity index (χ4n) is 6.34. The molecule has 0 aromatic carbocycles. The summed E-state index contributed by atoms with van der Waals surface area (Å²) in [6.45, 7) is 4.35. The zero-order chi connectivity index (χ0) is 53.4. The summed E-state index contributed by atoms with van der Waals surface area (Å²) in [4.78, 5) is 37.1. The highest BCUT2D eigenvalue weighted by molar-refractivity contribution is 5.70. The summed E-state index contributed by atoms with van der Waals surface area (Å²) < 4.78 is 22.5. The minimum absolute atomic E-state index is 0.121. The van der Waals surface area contributed by atoms with Crippen LogP contribution >= 0.6 is 0 Å². The van der Waals surface area contributed by atoms with E-state index in [1.165, 1.54) is 0 Å². The number of carbonyl (C=O) groups excluding carboxylic acids is 3. The maximum Gasteiger partial charge on any atom is 0.306 e. The normalized spacial score (nSPS) is 14.2. The number of allylic oxidation sites excluding steroid dienone is 28. The number of aliphatic carboxylic acids is 1. The van der Waals surface area contributed by atoms with Gasteiger partial charge in [0.05, 0.1) is 40.3 Å². The van der Waals surface area contributed by atoms with E-state index in [2.05, 4.69) is 172 Å².